The van der Waals surface area contributed by atoms with Crippen molar-refractivity contribution in [3.63, 3.8) is 0 Å². The van der Waals surface area contributed by atoms with E-state index in [2.05, 4.69) is 29.4 Å². The first-order valence-corrected chi connectivity index (χ1v) is 11.2. The van der Waals surface area contributed by atoms with E-state index in [9.17, 15) is 0 Å². The SMILES string of the molecule is CO[C@@H]1[C@@H](OC)[C@@H]2C[C@]3(CCC[C@@H](C)O3)NC3N[C@@]4(CCC[C@H](C)O4)C[C@H]1N32. The Morgan fingerprint density at radius 3 is 1.68 bits per heavy atom. The second kappa shape index (κ2) is 7.15. The molecule has 5 rings (SSSR count). The van der Waals surface area contributed by atoms with Crippen LogP contribution in [0.2, 0.25) is 0 Å². The van der Waals surface area contributed by atoms with Gasteiger partial charge in [-0.05, 0) is 52.4 Å². The molecule has 5 heterocycles. The lowest BCUT2D eigenvalue weighted by Crippen LogP contribution is -2.79. The molecule has 7 heteroatoms. The molecule has 0 amide bonds. The molecule has 0 aromatic carbocycles. The van der Waals surface area contributed by atoms with Gasteiger partial charge in [0.2, 0.25) is 0 Å². The van der Waals surface area contributed by atoms with Gasteiger partial charge in [-0.1, -0.05) is 0 Å². The lowest BCUT2D eigenvalue weighted by Gasteiger charge is -2.59. The molecular formula is C21H37N3O4. The Morgan fingerprint density at radius 2 is 1.29 bits per heavy atom. The fourth-order valence-corrected chi connectivity index (χ4v) is 6.78. The number of ether oxygens (including phenoxy) is 4. The van der Waals surface area contributed by atoms with Gasteiger partial charge in [-0.15, -0.1) is 0 Å². The van der Waals surface area contributed by atoms with Crippen LogP contribution in [0.1, 0.15) is 65.2 Å². The first-order valence-electron chi connectivity index (χ1n) is 11.2. The van der Waals surface area contributed by atoms with Crippen LogP contribution in [0, 0.1) is 0 Å². The molecule has 0 aromatic rings. The van der Waals surface area contributed by atoms with Crippen molar-refractivity contribution in [3.8, 4) is 0 Å². The van der Waals surface area contributed by atoms with Gasteiger partial charge in [0.1, 0.15) is 29.9 Å². The molecule has 0 saturated carbocycles. The molecule has 0 radical (unpaired) electrons. The molecule has 5 saturated heterocycles. The van der Waals surface area contributed by atoms with Crippen molar-refractivity contribution in [1.29, 1.82) is 0 Å². The normalized spacial score (nSPS) is 54.2. The quantitative estimate of drug-likeness (QED) is 0.740. The first kappa shape index (κ1) is 19.7. The molecule has 0 bridgehead atoms. The van der Waals surface area contributed by atoms with Crippen molar-refractivity contribution in [1.82, 2.24) is 15.5 Å². The Bertz CT molecular complexity index is 546. The summed E-state index contributed by atoms with van der Waals surface area (Å²) in [7, 11) is 3.65. The Kier molecular flexibility index (Phi) is 5.02. The Labute approximate surface area is 168 Å². The summed E-state index contributed by atoms with van der Waals surface area (Å²) < 4.78 is 25.2. The number of hydrogen-bond donors (Lipinski definition) is 2. The number of rotatable bonds is 2. The van der Waals surface area contributed by atoms with E-state index in [4.69, 9.17) is 18.9 Å². The third-order valence-corrected chi connectivity index (χ3v) is 7.80. The van der Waals surface area contributed by atoms with Crippen molar-refractivity contribution in [2.45, 2.75) is 119 Å². The zero-order chi connectivity index (χ0) is 19.5. The summed E-state index contributed by atoms with van der Waals surface area (Å²) in [5, 5.41) is 7.76. The van der Waals surface area contributed by atoms with Gasteiger partial charge >= 0.3 is 0 Å². The smallest absolute Gasteiger partial charge is 0.123 e. The predicted molar refractivity (Wildman–Crippen MR) is 105 cm³/mol. The zero-order valence-electron chi connectivity index (χ0n) is 17.8. The van der Waals surface area contributed by atoms with Gasteiger partial charge in [-0.3, -0.25) is 15.5 Å². The van der Waals surface area contributed by atoms with Crippen molar-refractivity contribution in [2.24, 2.45) is 0 Å². The average molecular weight is 396 g/mol. The second-order valence-corrected chi connectivity index (χ2v) is 9.71. The van der Waals surface area contributed by atoms with Gasteiger partial charge in [-0.25, -0.2) is 0 Å². The van der Waals surface area contributed by atoms with E-state index in [0.717, 1.165) is 38.5 Å². The summed E-state index contributed by atoms with van der Waals surface area (Å²) in [6.45, 7) is 4.39. The molecule has 1 unspecified atom stereocenters. The van der Waals surface area contributed by atoms with Crippen LogP contribution in [0.3, 0.4) is 0 Å². The summed E-state index contributed by atoms with van der Waals surface area (Å²) in [6.07, 6.45) is 9.32. The summed E-state index contributed by atoms with van der Waals surface area (Å²) in [6, 6.07) is 0.560. The molecule has 160 valence electrons. The van der Waals surface area contributed by atoms with E-state index >= 15 is 0 Å². The molecule has 5 fully saturated rings. The molecule has 2 spiro atoms. The fraction of sp³-hybridized carbons (Fsp3) is 1.00. The van der Waals surface area contributed by atoms with Crippen LogP contribution in [0.5, 0.6) is 0 Å². The Morgan fingerprint density at radius 1 is 0.821 bits per heavy atom. The monoisotopic (exact) mass is 395 g/mol. The third kappa shape index (κ3) is 3.06. The minimum atomic E-state index is -0.292. The van der Waals surface area contributed by atoms with Gasteiger partial charge in [0, 0.05) is 39.1 Å². The maximum Gasteiger partial charge on any atom is 0.123 e. The van der Waals surface area contributed by atoms with Crippen molar-refractivity contribution < 1.29 is 18.9 Å². The van der Waals surface area contributed by atoms with Crippen molar-refractivity contribution in [2.75, 3.05) is 14.2 Å². The molecular weight excluding hydrogens is 358 g/mol. The molecule has 28 heavy (non-hydrogen) atoms. The van der Waals surface area contributed by atoms with Crippen LogP contribution in [-0.4, -0.2) is 73.4 Å². The maximum absolute atomic E-state index is 6.56. The lowest BCUT2D eigenvalue weighted by atomic mass is 9.87. The van der Waals surface area contributed by atoms with Crippen LogP contribution in [0.15, 0.2) is 0 Å². The van der Waals surface area contributed by atoms with E-state index < -0.39 is 0 Å². The highest BCUT2D eigenvalue weighted by Gasteiger charge is 2.63. The van der Waals surface area contributed by atoms with Crippen LogP contribution in [0.25, 0.3) is 0 Å². The molecule has 5 aliphatic rings. The van der Waals surface area contributed by atoms with Gasteiger partial charge in [0.15, 0.2) is 0 Å². The number of nitrogens with zero attached hydrogens (tertiary/aromatic N) is 1. The van der Waals surface area contributed by atoms with Gasteiger partial charge < -0.3 is 18.9 Å². The molecule has 2 N–H and O–H groups in total. The highest BCUT2D eigenvalue weighted by molar-refractivity contribution is 5.14. The van der Waals surface area contributed by atoms with Crippen LogP contribution in [0.4, 0.5) is 0 Å². The summed E-state index contributed by atoms with van der Waals surface area (Å²) in [5.41, 5.74) is -0.585. The highest BCUT2D eigenvalue weighted by atomic mass is 16.5. The highest BCUT2D eigenvalue weighted by Crippen LogP contribution is 2.48. The number of nitrogens with one attached hydrogen (secondary N) is 2. The van der Waals surface area contributed by atoms with Crippen LogP contribution < -0.4 is 10.6 Å². The first-order chi connectivity index (χ1) is 13.5. The molecule has 0 aliphatic carbocycles. The van der Waals surface area contributed by atoms with E-state index in [0.29, 0.717) is 0 Å². The Hall–Kier alpha value is -0.280. The van der Waals surface area contributed by atoms with Gasteiger partial charge in [-0.2, -0.15) is 0 Å². The molecule has 7 nitrogen and oxygen atoms in total. The van der Waals surface area contributed by atoms with E-state index in [1.165, 1.54) is 12.8 Å². The number of methoxy groups -OCH3 is 2. The minimum Gasteiger partial charge on any atom is -0.377 e. The molecule has 9 atom stereocenters. The average Bonchev–Trinajstić information content (AvgIpc) is 2.93. The minimum absolute atomic E-state index is 0.0194. The lowest BCUT2D eigenvalue weighted by molar-refractivity contribution is -0.244. The van der Waals surface area contributed by atoms with E-state index in [1.54, 1.807) is 0 Å². The van der Waals surface area contributed by atoms with Gasteiger partial charge in [0.05, 0.1) is 12.2 Å². The standard InChI is InChI=1S/C21H37N3O4/c1-13-7-5-9-20(27-13)11-15-17(25-3)18(26-4)16-12-21(10-6-8-14(2)28-21)23-19(22-20)24(15)16/h13-19,22-23H,5-12H2,1-4H3/t13-,14+,15+,16-,17-,18-,19?,20+,21+/m0/s1. The second-order valence-electron chi connectivity index (χ2n) is 9.71. The molecule has 0 aromatic heterocycles. The topological polar surface area (TPSA) is 64.2 Å². The largest absolute Gasteiger partial charge is 0.377 e. The third-order valence-electron chi connectivity index (χ3n) is 7.80. The fourth-order valence-electron chi connectivity index (χ4n) is 6.78. The van der Waals surface area contributed by atoms with E-state index in [1.807, 2.05) is 14.2 Å². The van der Waals surface area contributed by atoms with Crippen LogP contribution in [-0.2, 0) is 18.9 Å². The molecule has 5 aliphatic heterocycles. The number of hydrogen-bond acceptors (Lipinski definition) is 7. The summed E-state index contributed by atoms with van der Waals surface area (Å²) >= 11 is 0. The van der Waals surface area contributed by atoms with Crippen molar-refractivity contribution >= 4 is 0 Å². The van der Waals surface area contributed by atoms with Crippen LogP contribution >= 0.6 is 0 Å². The van der Waals surface area contributed by atoms with E-state index in [-0.39, 0.29) is 54.2 Å². The van der Waals surface area contributed by atoms with Gasteiger partial charge in [0.25, 0.3) is 0 Å². The Balaban J connectivity index is 1.50. The zero-order valence-corrected chi connectivity index (χ0v) is 17.8. The summed E-state index contributed by atoms with van der Waals surface area (Å²) in [4.78, 5) is 2.56. The van der Waals surface area contributed by atoms with Crippen molar-refractivity contribution in [3.05, 3.63) is 0 Å². The summed E-state index contributed by atoms with van der Waals surface area (Å²) in [5.74, 6) is 0. The predicted octanol–water partition coefficient (Wildman–Crippen LogP) is 1.91. The maximum atomic E-state index is 6.56.